The van der Waals surface area contributed by atoms with Gasteiger partial charge in [0.1, 0.15) is 16.8 Å². The molecule has 0 aliphatic carbocycles. The average Bonchev–Trinajstić information content (AvgIpc) is 3.19. The molecule has 1 heterocycles. The molecule has 1 atom stereocenters. The van der Waals surface area contributed by atoms with Crippen molar-refractivity contribution in [2.75, 3.05) is 30.1 Å². The van der Waals surface area contributed by atoms with Crippen molar-refractivity contribution in [3.8, 4) is 0 Å². The number of amides is 1. The van der Waals surface area contributed by atoms with E-state index in [9.17, 15) is 22.4 Å². The molecule has 31 heavy (non-hydrogen) atoms. The van der Waals surface area contributed by atoms with Crippen LogP contribution in [0, 0.1) is 5.82 Å². The van der Waals surface area contributed by atoms with Gasteiger partial charge in [-0.25, -0.2) is 12.8 Å². The number of rotatable bonds is 9. The first kappa shape index (κ1) is 23.2. The number of hydrogen-bond acceptors (Lipinski definition) is 6. The van der Waals surface area contributed by atoms with E-state index in [4.69, 9.17) is 4.74 Å². The largest absolute Gasteiger partial charge is 0.454 e. The van der Waals surface area contributed by atoms with Gasteiger partial charge in [-0.05, 0) is 48.6 Å². The predicted molar refractivity (Wildman–Crippen MR) is 117 cm³/mol. The normalized spacial score (nSPS) is 14.2. The van der Waals surface area contributed by atoms with Gasteiger partial charge in [-0.15, -0.1) is 0 Å². The van der Waals surface area contributed by atoms with Gasteiger partial charge in [-0.2, -0.15) is 16.5 Å². The molecule has 0 bridgehead atoms. The van der Waals surface area contributed by atoms with E-state index in [1.807, 2.05) is 30.5 Å². The Kier molecular flexibility index (Phi) is 7.69. The smallest absolute Gasteiger partial charge is 0.324 e. The van der Waals surface area contributed by atoms with Crippen molar-refractivity contribution in [3.05, 3.63) is 59.9 Å². The second-order valence-electron chi connectivity index (χ2n) is 6.92. The van der Waals surface area contributed by atoms with Crippen molar-refractivity contribution >= 4 is 39.3 Å². The number of carbonyl (C=O) groups is 2. The molecule has 1 N–H and O–H groups in total. The summed E-state index contributed by atoms with van der Waals surface area (Å²) < 4.78 is 46.5. The molecule has 0 unspecified atom stereocenters. The predicted octanol–water partition coefficient (Wildman–Crippen LogP) is 2.36. The van der Waals surface area contributed by atoms with Crippen molar-refractivity contribution in [2.24, 2.45) is 0 Å². The lowest BCUT2D eigenvalue weighted by atomic mass is 10.2. The molecular formula is C21H23FN2O5S2. The Balaban J connectivity index is 1.66. The summed E-state index contributed by atoms with van der Waals surface area (Å²) in [5, 5.41) is 0. The molecule has 3 rings (SSSR count). The number of para-hydroxylation sites is 1. The van der Waals surface area contributed by atoms with Crippen LogP contribution < -0.4 is 9.62 Å². The summed E-state index contributed by atoms with van der Waals surface area (Å²) in [6.45, 7) is -0.0179. The van der Waals surface area contributed by atoms with Crippen LogP contribution in [0.25, 0.3) is 0 Å². The molecule has 0 aromatic heterocycles. The van der Waals surface area contributed by atoms with Gasteiger partial charge in [-0.1, -0.05) is 30.3 Å². The second-order valence-corrected chi connectivity index (χ2v) is 9.59. The standard InChI is InChI=1S/C21H23FN2O5S2/c1-30-13-11-17(23-31(27,28)19-9-5-3-7-16(19)22)21(26)29-14-20(25)24-12-10-15-6-2-4-8-18(15)24/h2-9,17,23H,10-14H2,1H3/t17-/m0/s1. The minimum Gasteiger partial charge on any atom is -0.454 e. The highest BCUT2D eigenvalue weighted by atomic mass is 32.2. The van der Waals surface area contributed by atoms with Gasteiger partial charge in [-0.3, -0.25) is 9.59 Å². The average molecular weight is 467 g/mol. The molecule has 0 fully saturated rings. The maximum atomic E-state index is 13.9. The number of thioether (sulfide) groups is 1. The summed E-state index contributed by atoms with van der Waals surface area (Å²) >= 11 is 1.42. The van der Waals surface area contributed by atoms with Crippen LogP contribution in [0.15, 0.2) is 53.4 Å². The van der Waals surface area contributed by atoms with E-state index >= 15 is 0 Å². The number of benzene rings is 2. The topological polar surface area (TPSA) is 92.8 Å². The van der Waals surface area contributed by atoms with Gasteiger partial charge in [0.05, 0.1) is 0 Å². The maximum absolute atomic E-state index is 13.9. The van der Waals surface area contributed by atoms with E-state index in [2.05, 4.69) is 4.72 Å². The molecule has 2 aromatic rings. The molecule has 166 valence electrons. The zero-order chi connectivity index (χ0) is 22.4. The number of ether oxygens (including phenoxy) is 1. The number of nitrogens with one attached hydrogen (secondary N) is 1. The summed E-state index contributed by atoms with van der Waals surface area (Å²) in [7, 11) is -4.29. The van der Waals surface area contributed by atoms with Crippen LogP contribution in [-0.2, 0) is 30.8 Å². The second kappa shape index (κ2) is 10.3. The number of sulfonamides is 1. The highest BCUT2D eigenvalue weighted by Crippen LogP contribution is 2.27. The van der Waals surface area contributed by atoms with Crippen molar-refractivity contribution in [1.29, 1.82) is 0 Å². The lowest BCUT2D eigenvalue weighted by Crippen LogP contribution is -2.43. The van der Waals surface area contributed by atoms with Crippen molar-refractivity contribution < 1.29 is 27.1 Å². The summed E-state index contributed by atoms with van der Waals surface area (Å²) in [4.78, 5) is 26.1. The minimum absolute atomic E-state index is 0.133. The van der Waals surface area contributed by atoms with Gasteiger partial charge in [0.2, 0.25) is 10.0 Å². The molecule has 0 radical (unpaired) electrons. The van der Waals surface area contributed by atoms with Crippen LogP contribution in [-0.4, -0.2) is 51.5 Å². The van der Waals surface area contributed by atoms with E-state index in [0.29, 0.717) is 18.7 Å². The fraction of sp³-hybridized carbons (Fsp3) is 0.333. The first-order valence-electron chi connectivity index (χ1n) is 9.64. The number of fused-ring (bicyclic) bond motifs is 1. The molecule has 0 spiro atoms. The van der Waals surface area contributed by atoms with Crippen LogP contribution >= 0.6 is 11.8 Å². The fourth-order valence-corrected chi connectivity index (χ4v) is 5.05. The first-order valence-corrected chi connectivity index (χ1v) is 12.5. The summed E-state index contributed by atoms with van der Waals surface area (Å²) in [6, 6.07) is 11.1. The molecule has 10 heteroatoms. The molecule has 7 nitrogen and oxygen atoms in total. The first-order chi connectivity index (χ1) is 14.8. The highest BCUT2D eigenvalue weighted by molar-refractivity contribution is 7.98. The lowest BCUT2D eigenvalue weighted by Gasteiger charge is -2.20. The van der Waals surface area contributed by atoms with E-state index in [1.54, 1.807) is 4.90 Å². The Hall–Kier alpha value is -2.43. The lowest BCUT2D eigenvalue weighted by molar-refractivity contribution is -0.149. The minimum atomic E-state index is -4.29. The molecule has 1 aliphatic heterocycles. The van der Waals surface area contributed by atoms with Crippen LogP contribution in [0.3, 0.4) is 0 Å². The van der Waals surface area contributed by atoms with Crippen LogP contribution in [0.4, 0.5) is 10.1 Å². The monoisotopic (exact) mass is 466 g/mol. The molecule has 1 aliphatic rings. The third-order valence-corrected chi connectivity index (χ3v) is 6.99. The van der Waals surface area contributed by atoms with E-state index in [0.717, 1.165) is 23.4 Å². The zero-order valence-electron chi connectivity index (χ0n) is 16.9. The van der Waals surface area contributed by atoms with Crippen LogP contribution in [0.1, 0.15) is 12.0 Å². The number of carbonyl (C=O) groups excluding carboxylic acids is 2. The van der Waals surface area contributed by atoms with E-state index in [-0.39, 0.29) is 12.3 Å². The number of halogens is 1. The molecule has 0 saturated carbocycles. The summed E-state index contributed by atoms with van der Waals surface area (Å²) in [5.41, 5.74) is 1.82. The molecule has 1 amide bonds. The molecule has 0 saturated heterocycles. The van der Waals surface area contributed by atoms with Crippen LogP contribution in [0.2, 0.25) is 0 Å². The zero-order valence-corrected chi connectivity index (χ0v) is 18.5. The molecule has 2 aromatic carbocycles. The van der Waals surface area contributed by atoms with Crippen molar-refractivity contribution in [1.82, 2.24) is 4.72 Å². The molecular weight excluding hydrogens is 443 g/mol. The van der Waals surface area contributed by atoms with Crippen molar-refractivity contribution in [2.45, 2.75) is 23.8 Å². The number of hydrogen-bond donors (Lipinski definition) is 1. The van der Waals surface area contributed by atoms with E-state index < -0.39 is 39.4 Å². The fourth-order valence-electron chi connectivity index (χ4n) is 3.28. The number of anilines is 1. The van der Waals surface area contributed by atoms with Gasteiger partial charge in [0.15, 0.2) is 6.61 Å². The Morgan fingerprint density at radius 2 is 1.90 bits per heavy atom. The van der Waals surface area contributed by atoms with Crippen LogP contribution in [0.5, 0.6) is 0 Å². The summed E-state index contributed by atoms with van der Waals surface area (Å²) in [6.07, 6.45) is 2.66. The Morgan fingerprint density at radius 3 is 2.65 bits per heavy atom. The van der Waals surface area contributed by atoms with Gasteiger partial charge >= 0.3 is 5.97 Å². The highest BCUT2D eigenvalue weighted by Gasteiger charge is 2.30. The quantitative estimate of drug-likeness (QED) is 0.571. The maximum Gasteiger partial charge on any atom is 0.324 e. The Morgan fingerprint density at radius 1 is 1.19 bits per heavy atom. The van der Waals surface area contributed by atoms with Gasteiger partial charge in [0, 0.05) is 12.2 Å². The Labute approximate surface area is 185 Å². The summed E-state index contributed by atoms with van der Waals surface area (Å²) in [5.74, 6) is -1.73. The number of nitrogens with zero attached hydrogens (tertiary/aromatic N) is 1. The number of esters is 1. The Bertz CT molecular complexity index is 1060. The van der Waals surface area contributed by atoms with E-state index in [1.165, 1.54) is 23.9 Å². The third kappa shape index (κ3) is 5.63. The van der Waals surface area contributed by atoms with Gasteiger partial charge < -0.3 is 9.64 Å². The SMILES string of the molecule is CSCC[C@H](NS(=O)(=O)c1ccccc1F)C(=O)OCC(=O)N1CCc2ccccc21. The third-order valence-electron chi connectivity index (χ3n) is 4.84. The van der Waals surface area contributed by atoms with Gasteiger partial charge in [0.25, 0.3) is 5.91 Å². The van der Waals surface area contributed by atoms with Crippen molar-refractivity contribution in [3.63, 3.8) is 0 Å².